The molecule has 7 heteroatoms. The summed E-state index contributed by atoms with van der Waals surface area (Å²) in [4.78, 5) is 1.28. The van der Waals surface area contributed by atoms with E-state index in [-0.39, 0.29) is 11.8 Å². The molecule has 0 spiro atoms. The third kappa shape index (κ3) is 4.63. The minimum absolute atomic E-state index is 0.272. The smallest absolute Gasteiger partial charge is 0.246 e. The Kier molecular flexibility index (Phi) is 6.43. The SMILES string of the molecule is CC(C)CN(CC(C)C)S(=O)(=O)c1cn(C2CCCC2)nc1-c1cccs1. The summed E-state index contributed by atoms with van der Waals surface area (Å²) < 4.78 is 30.8. The van der Waals surface area contributed by atoms with Crippen LogP contribution in [0.15, 0.2) is 28.6 Å². The van der Waals surface area contributed by atoms with E-state index in [9.17, 15) is 8.42 Å². The lowest BCUT2D eigenvalue weighted by molar-refractivity contribution is 0.333. The van der Waals surface area contributed by atoms with E-state index in [0.717, 1.165) is 17.7 Å². The number of rotatable bonds is 8. The van der Waals surface area contributed by atoms with Crippen molar-refractivity contribution in [3.05, 3.63) is 23.7 Å². The Morgan fingerprint density at radius 3 is 2.33 bits per heavy atom. The molecule has 2 heterocycles. The van der Waals surface area contributed by atoms with E-state index in [1.54, 1.807) is 21.8 Å². The van der Waals surface area contributed by atoms with Crippen LogP contribution in [0, 0.1) is 11.8 Å². The molecule has 150 valence electrons. The van der Waals surface area contributed by atoms with Crippen LogP contribution < -0.4 is 0 Å². The van der Waals surface area contributed by atoms with Gasteiger partial charge in [-0.3, -0.25) is 4.68 Å². The van der Waals surface area contributed by atoms with Crippen LogP contribution in [0.5, 0.6) is 0 Å². The largest absolute Gasteiger partial charge is 0.268 e. The zero-order valence-corrected chi connectivity index (χ0v) is 18.4. The number of nitrogens with zero attached hydrogens (tertiary/aromatic N) is 3. The fraction of sp³-hybridized carbons (Fsp3) is 0.650. The van der Waals surface area contributed by atoms with Crippen molar-refractivity contribution >= 4 is 21.4 Å². The van der Waals surface area contributed by atoms with Crippen molar-refractivity contribution in [3.63, 3.8) is 0 Å². The normalized spacial score (nSPS) is 16.3. The maximum absolute atomic E-state index is 13.6. The molecule has 0 amide bonds. The Bertz CT molecular complexity index is 823. The van der Waals surface area contributed by atoms with Crippen LogP contribution in [0.25, 0.3) is 10.6 Å². The number of thiophene rings is 1. The van der Waals surface area contributed by atoms with Crippen LogP contribution >= 0.6 is 11.3 Å². The third-order valence-electron chi connectivity index (χ3n) is 4.91. The summed E-state index contributed by atoms with van der Waals surface area (Å²) in [6.07, 6.45) is 6.31. The molecule has 0 aliphatic heterocycles. The van der Waals surface area contributed by atoms with Gasteiger partial charge in [0.2, 0.25) is 10.0 Å². The summed E-state index contributed by atoms with van der Waals surface area (Å²) in [5.74, 6) is 0.544. The second-order valence-electron chi connectivity index (χ2n) is 8.35. The average Bonchev–Trinajstić information content (AvgIpc) is 3.32. The lowest BCUT2D eigenvalue weighted by atomic mass is 10.2. The fourth-order valence-electron chi connectivity index (χ4n) is 3.73. The lowest BCUT2D eigenvalue weighted by Crippen LogP contribution is -2.37. The molecule has 2 aromatic heterocycles. The zero-order chi connectivity index (χ0) is 19.6. The molecule has 0 aromatic carbocycles. The standard InChI is InChI=1S/C20H31N3O2S2/c1-15(2)12-22(13-16(3)4)27(24,25)19-14-23(17-8-5-6-9-17)21-20(19)18-10-7-11-26-18/h7,10-11,14-17H,5-6,8-9,12-13H2,1-4H3. The van der Waals surface area contributed by atoms with Gasteiger partial charge in [-0.05, 0) is 36.1 Å². The van der Waals surface area contributed by atoms with E-state index in [4.69, 9.17) is 5.10 Å². The van der Waals surface area contributed by atoms with Crippen molar-refractivity contribution in [2.45, 2.75) is 64.3 Å². The Balaban J connectivity index is 2.06. The number of sulfonamides is 1. The number of hydrogen-bond donors (Lipinski definition) is 0. The lowest BCUT2D eigenvalue weighted by Gasteiger charge is -2.25. The van der Waals surface area contributed by atoms with Crippen molar-refractivity contribution in [1.29, 1.82) is 0 Å². The maximum Gasteiger partial charge on any atom is 0.246 e. The highest BCUT2D eigenvalue weighted by Crippen LogP contribution is 2.36. The predicted molar refractivity (Wildman–Crippen MR) is 111 cm³/mol. The molecule has 1 saturated carbocycles. The van der Waals surface area contributed by atoms with Gasteiger partial charge in [0.05, 0.1) is 10.9 Å². The topological polar surface area (TPSA) is 55.2 Å². The first kappa shape index (κ1) is 20.6. The highest BCUT2D eigenvalue weighted by molar-refractivity contribution is 7.89. The van der Waals surface area contributed by atoms with Gasteiger partial charge in [0.1, 0.15) is 10.6 Å². The van der Waals surface area contributed by atoms with Crippen LogP contribution in [0.2, 0.25) is 0 Å². The summed E-state index contributed by atoms with van der Waals surface area (Å²) in [5.41, 5.74) is 0.606. The summed E-state index contributed by atoms with van der Waals surface area (Å²) in [7, 11) is -3.60. The van der Waals surface area contributed by atoms with Crippen LogP contribution in [-0.2, 0) is 10.0 Å². The zero-order valence-electron chi connectivity index (χ0n) is 16.8. The molecule has 0 bridgehead atoms. The second kappa shape index (κ2) is 8.45. The molecule has 0 atom stereocenters. The van der Waals surface area contributed by atoms with Crippen molar-refractivity contribution in [2.75, 3.05) is 13.1 Å². The Morgan fingerprint density at radius 1 is 1.19 bits per heavy atom. The molecule has 1 aliphatic carbocycles. The van der Waals surface area contributed by atoms with E-state index in [0.29, 0.717) is 29.7 Å². The molecule has 1 aliphatic rings. The van der Waals surface area contributed by atoms with Gasteiger partial charge >= 0.3 is 0 Å². The van der Waals surface area contributed by atoms with Gasteiger partial charge in [0.25, 0.3) is 0 Å². The Labute approximate surface area is 167 Å². The molecular formula is C20H31N3O2S2. The quantitative estimate of drug-likeness (QED) is 0.614. The Hall–Kier alpha value is -1.18. The van der Waals surface area contributed by atoms with Crippen LogP contribution in [0.3, 0.4) is 0 Å². The molecule has 0 saturated heterocycles. The first-order valence-corrected chi connectivity index (χ1v) is 12.2. The molecular weight excluding hydrogens is 378 g/mol. The van der Waals surface area contributed by atoms with Gasteiger partial charge < -0.3 is 0 Å². The van der Waals surface area contributed by atoms with E-state index >= 15 is 0 Å². The van der Waals surface area contributed by atoms with Crippen LogP contribution in [-0.4, -0.2) is 35.6 Å². The monoisotopic (exact) mass is 409 g/mol. The molecule has 5 nitrogen and oxygen atoms in total. The minimum atomic E-state index is -3.60. The maximum atomic E-state index is 13.6. The predicted octanol–water partition coefficient (Wildman–Crippen LogP) is 5.03. The molecule has 1 fully saturated rings. The van der Waals surface area contributed by atoms with E-state index in [2.05, 4.69) is 27.7 Å². The van der Waals surface area contributed by atoms with Crippen LogP contribution in [0.1, 0.15) is 59.4 Å². The van der Waals surface area contributed by atoms with Gasteiger partial charge in [0.15, 0.2) is 0 Å². The third-order valence-corrected chi connectivity index (χ3v) is 7.62. The summed E-state index contributed by atoms with van der Waals surface area (Å²) >= 11 is 1.54. The molecule has 27 heavy (non-hydrogen) atoms. The highest BCUT2D eigenvalue weighted by atomic mass is 32.2. The first-order chi connectivity index (χ1) is 12.8. The van der Waals surface area contributed by atoms with Gasteiger partial charge in [0, 0.05) is 19.3 Å². The number of hydrogen-bond acceptors (Lipinski definition) is 4. The second-order valence-corrected chi connectivity index (χ2v) is 11.2. The van der Waals surface area contributed by atoms with Gasteiger partial charge in [-0.15, -0.1) is 11.3 Å². The molecule has 0 radical (unpaired) electrons. The van der Waals surface area contributed by atoms with Crippen LogP contribution in [0.4, 0.5) is 0 Å². The van der Waals surface area contributed by atoms with Crippen molar-refractivity contribution in [1.82, 2.24) is 14.1 Å². The van der Waals surface area contributed by atoms with Gasteiger partial charge in [-0.25, -0.2) is 8.42 Å². The van der Waals surface area contributed by atoms with Crippen molar-refractivity contribution in [2.24, 2.45) is 11.8 Å². The first-order valence-electron chi connectivity index (χ1n) is 9.92. The van der Waals surface area contributed by atoms with Crippen molar-refractivity contribution < 1.29 is 8.42 Å². The highest BCUT2D eigenvalue weighted by Gasteiger charge is 2.32. The van der Waals surface area contributed by atoms with E-state index < -0.39 is 10.0 Å². The van der Waals surface area contributed by atoms with E-state index in [1.165, 1.54) is 12.8 Å². The molecule has 3 rings (SSSR count). The Morgan fingerprint density at radius 2 is 1.81 bits per heavy atom. The summed E-state index contributed by atoms with van der Waals surface area (Å²) in [6.45, 7) is 9.30. The summed E-state index contributed by atoms with van der Waals surface area (Å²) in [5, 5.41) is 6.74. The summed E-state index contributed by atoms with van der Waals surface area (Å²) in [6, 6.07) is 4.22. The molecule has 0 unspecified atom stereocenters. The molecule has 0 N–H and O–H groups in total. The van der Waals surface area contributed by atoms with Gasteiger partial charge in [-0.1, -0.05) is 46.6 Å². The molecule has 2 aromatic rings. The van der Waals surface area contributed by atoms with Crippen molar-refractivity contribution in [3.8, 4) is 10.6 Å². The number of aromatic nitrogens is 2. The van der Waals surface area contributed by atoms with E-state index in [1.807, 2.05) is 22.2 Å². The van der Waals surface area contributed by atoms with Gasteiger partial charge in [-0.2, -0.15) is 9.40 Å². The average molecular weight is 410 g/mol. The fourth-order valence-corrected chi connectivity index (χ4v) is 6.42. The minimum Gasteiger partial charge on any atom is -0.268 e.